The molecular formula is C18H19F2N3O4. The minimum absolute atomic E-state index is 0.0100. The number of halogens is 2. The molecule has 0 spiro atoms. The van der Waals surface area contributed by atoms with Crippen LogP contribution >= 0.6 is 0 Å². The predicted octanol–water partition coefficient (Wildman–Crippen LogP) is 2.17. The SMILES string of the molecule is O=C(CCc1ccc2c(c1)OC(F)(F)O2)N1CCC(O)(c2ccn[nH]2)CC1. The van der Waals surface area contributed by atoms with Gasteiger partial charge in [-0.3, -0.25) is 9.89 Å². The first-order valence-corrected chi connectivity index (χ1v) is 8.73. The monoisotopic (exact) mass is 379 g/mol. The highest BCUT2D eigenvalue weighted by atomic mass is 19.3. The van der Waals surface area contributed by atoms with Crippen molar-refractivity contribution in [2.45, 2.75) is 37.6 Å². The summed E-state index contributed by atoms with van der Waals surface area (Å²) in [5, 5.41) is 17.3. The maximum absolute atomic E-state index is 13.1. The molecule has 0 radical (unpaired) electrons. The molecule has 0 atom stereocenters. The Bertz CT molecular complexity index is 833. The number of aryl methyl sites for hydroxylation is 1. The van der Waals surface area contributed by atoms with Gasteiger partial charge >= 0.3 is 6.29 Å². The van der Waals surface area contributed by atoms with Crippen LogP contribution in [0, 0.1) is 0 Å². The molecule has 1 aromatic heterocycles. The van der Waals surface area contributed by atoms with E-state index in [0.29, 0.717) is 38.0 Å². The lowest BCUT2D eigenvalue weighted by Gasteiger charge is -2.37. The summed E-state index contributed by atoms with van der Waals surface area (Å²) in [7, 11) is 0. The fourth-order valence-electron chi connectivity index (χ4n) is 3.47. The number of carbonyl (C=O) groups is 1. The van der Waals surface area contributed by atoms with Crippen LogP contribution in [0.2, 0.25) is 0 Å². The lowest BCUT2D eigenvalue weighted by molar-refractivity contribution is -0.286. The number of hydrogen-bond donors (Lipinski definition) is 2. The second kappa shape index (κ2) is 6.49. The number of aliphatic hydroxyl groups is 1. The van der Waals surface area contributed by atoms with Crippen molar-refractivity contribution in [3.8, 4) is 11.5 Å². The van der Waals surface area contributed by atoms with Gasteiger partial charge in [-0.05, 0) is 43.0 Å². The fraction of sp³-hybridized carbons (Fsp3) is 0.444. The summed E-state index contributed by atoms with van der Waals surface area (Å²) >= 11 is 0. The van der Waals surface area contributed by atoms with Crippen molar-refractivity contribution in [3.05, 3.63) is 41.7 Å². The minimum atomic E-state index is -3.64. The highest BCUT2D eigenvalue weighted by molar-refractivity contribution is 5.76. The number of amides is 1. The van der Waals surface area contributed by atoms with Crippen molar-refractivity contribution in [2.75, 3.05) is 13.1 Å². The zero-order chi connectivity index (χ0) is 19.1. The smallest absolute Gasteiger partial charge is 0.395 e. The van der Waals surface area contributed by atoms with Crippen molar-refractivity contribution in [1.29, 1.82) is 0 Å². The molecule has 0 saturated carbocycles. The molecule has 0 bridgehead atoms. The molecule has 144 valence electrons. The van der Waals surface area contributed by atoms with Gasteiger partial charge in [0.05, 0.1) is 5.69 Å². The Morgan fingerprint density at radius 3 is 2.67 bits per heavy atom. The standard InChI is InChI=1S/C18H19F2N3O4/c19-18(20)26-13-3-1-12(11-14(13)27-18)2-4-16(24)23-9-6-17(25,7-10-23)15-5-8-21-22-15/h1,3,5,8,11,25H,2,4,6-7,9-10H2,(H,21,22). The second-order valence-corrected chi connectivity index (χ2v) is 6.83. The van der Waals surface area contributed by atoms with Crippen LogP contribution in [0.4, 0.5) is 8.78 Å². The lowest BCUT2D eigenvalue weighted by Crippen LogP contribution is -2.45. The Hall–Kier alpha value is -2.68. The molecule has 2 aliphatic heterocycles. The minimum Gasteiger partial charge on any atom is -0.395 e. The van der Waals surface area contributed by atoms with Crippen LogP contribution in [-0.2, 0) is 16.8 Å². The summed E-state index contributed by atoms with van der Waals surface area (Å²) in [6, 6.07) is 6.27. The number of H-pyrrole nitrogens is 1. The van der Waals surface area contributed by atoms with Gasteiger partial charge in [0.2, 0.25) is 5.91 Å². The van der Waals surface area contributed by atoms with Crippen molar-refractivity contribution in [2.24, 2.45) is 0 Å². The number of aromatic nitrogens is 2. The Kier molecular flexibility index (Phi) is 4.26. The fourth-order valence-corrected chi connectivity index (χ4v) is 3.47. The number of fused-ring (bicyclic) bond motifs is 1. The average Bonchev–Trinajstić information content (AvgIpc) is 3.26. The zero-order valence-corrected chi connectivity index (χ0v) is 14.5. The number of ether oxygens (including phenoxy) is 2. The Balaban J connectivity index is 1.31. The molecule has 27 heavy (non-hydrogen) atoms. The highest BCUT2D eigenvalue weighted by Gasteiger charge is 2.43. The van der Waals surface area contributed by atoms with E-state index >= 15 is 0 Å². The Labute approximate surface area is 153 Å². The van der Waals surface area contributed by atoms with E-state index in [2.05, 4.69) is 19.7 Å². The van der Waals surface area contributed by atoms with Crippen LogP contribution in [0.25, 0.3) is 0 Å². The molecule has 1 saturated heterocycles. The molecule has 9 heteroatoms. The molecule has 4 rings (SSSR count). The molecule has 0 aliphatic carbocycles. The first kappa shape index (κ1) is 17.7. The molecule has 1 fully saturated rings. The van der Waals surface area contributed by atoms with Crippen LogP contribution < -0.4 is 9.47 Å². The number of rotatable bonds is 4. The quantitative estimate of drug-likeness (QED) is 0.850. The Morgan fingerprint density at radius 2 is 1.96 bits per heavy atom. The van der Waals surface area contributed by atoms with Gasteiger partial charge in [-0.25, -0.2) is 0 Å². The van der Waals surface area contributed by atoms with Gasteiger partial charge in [0.1, 0.15) is 5.60 Å². The number of aromatic amines is 1. The van der Waals surface area contributed by atoms with Gasteiger partial charge in [0, 0.05) is 25.7 Å². The number of nitrogens with one attached hydrogen (secondary N) is 1. The average molecular weight is 379 g/mol. The van der Waals surface area contributed by atoms with E-state index in [9.17, 15) is 18.7 Å². The number of nitrogens with zero attached hydrogens (tertiary/aromatic N) is 2. The van der Waals surface area contributed by atoms with Crippen LogP contribution in [0.15, 0.2) is 30.5 Å². The van der Waals surface area contributed by atoms with E-state index in [1.54, 1.807) is 23.2 Å². The Morgan fingerprint density at radius 1 is 1.22 bits per heavy atom. The van der Waals surface area contributed by atoms with E-state index in [0.717, 1.165) is 5.56 Å². The van der Waals surface area contributed by atoms with Gasteiger partial charge in [-0.2, -0.15) is 5.10 Å². The summed E-state index contributed by atoms with van der Waals surface area (Å²) in [6.07, 6.45) is -0.539. The van der Waals surface area contributed by atoms with E-state index < -0.39 is 11.9 Å². The van der Waals surface area contributed by atoms with Crippen molar-refractivity contribution >= 4 is 5.91 Å². The molecule has 2 aromatic rings. The van der Waals surface area contributed by atoms with E-state index in [1.807, 2.05) is 0 Å². The van der Waals surface area contributed by atoms with Gasteiger partial charge < -0.3 is 19.5 Å². The molecule has 1 amide bonds. The number of alkyl halides is 2. The summed E-state index contributed by atoms with van der Waals surface area (Å²) in [6.45, 7) is 0.892. The maximum Gasteiger partial charge on any atom is 0.586 e. The normalized spacial score (nSPS) is 19.9. The van der Waals surface area contributed by atoms with Crippen LogP contribution in [0.3, 0.4) is 0 Å². The van der Waals surface area contributed by atoms with E-state index in [1.165, 1.54) is 12.1 Å². The van der Waals surface area contributed by atoms with Crippen molar-refractivity contribution < 1.29 is 28.2 Å². The number of likely N-dealkylation sites (tertiary alicyclic amines) is 1. The van der Waals surface area contributed by atoms with Gasteiger partial charge in [0.25, 0.3) is 0 Å². The van der Waals surface area contributed by atoms with Gasteiger partial charge in [-0.1, -0.05) is 6.07 Å². The molecule has 2 N–H and O–H groups in total. The predicted molar refractivity (Wildman–Crippen MR) is 89.3 cm³/mol. The largest absolute Gasteiger partial charge is 0.586 e. The molecule has 1 aromatic carbocycles. The van der Waals surface area contributed by atoms with Crippen molar-refractivity contribution in [1.82, 2.24) is 15.1 Å². The molecule has 3 heterocycles. The molecule has 0 unspecified atom stereocenters. The highest BCUT2D eigenvalue weighted by Crippen LogP contribution is 2.41. The van der Waals surface area contributed by atoms with Crippen LogP contribution in [0.1, 0.15) is 30.5 Å². The third-order valence-corrected chi connectivity index (χ3v) is 5.04. The number of carbonyl (C=O) groups excluding carboxylic acids is 1. The van der Waals surface area contributed by atoms with Crippen molar-refractivity contribution in [3.63, 3.8) is 0 Å². The van der Waals surface area contributed by atoms with Gasteiger partial charge in [0.15, 0.2) is 11.5 Å². The number of hydrogen-bond acceptors (Lipinski definition) is 5. The first-order chi connectivity index (χ1) is 12.8. The van der Waals surface area contributed by atoms with Crippen LogP contribution in [-0.4, -0.2) is 45.5 Å². The molecule has 7 nitrogen and oxygen atoms in total. The van der Waals surface area contributed by atoms with Gasteiger partial charge in [-0.15, -0.1) is 8.78 Å². The lowest BCUT2D eigenvalue weighted by atomic mass is 9.88. The third-order valence-electron chi connectivity index (χ3n) is 5.04. The maximum atomic E-state index is 13.1. The topological polar surface area (TPSA) is 87.7 Å². The number of piperidine rings is 1. The van der Waals surface area contributed by atoms with Crippen LogP contribution in [0.5, 0.6) is 11.5 Å². The molecular weight excluding hydrogens is 360 g/mol. The summed E-state index contributed by atoms with van der Waals surface area (Å²) in [5.74, 6) is -0.0681. The third kappa shape index (κ3) is 3.59. The summed E-state index contributed by atoms with van der Waals surface area (Å²) in [5.41, 5.74) is 0.386. The first-order valence-electron chi connectivity index (χ1n) is 8.73. The van der Waals surface area contributed by atoms with E-state index in [-0.39, 0.29) is 23.8 Å². The summed E-state index contributed by atoms with van der Waals surface area (Å²) in [4.78, 5) is 14.2. The zero-order valence-electron chi connectivity index (χ0n) is 14.5. The number of benzene rings is 1. The molecule has 2 aliphatic rings. The second-order valence-electron chi connectivity index (χ2n) is 6.83. The summed E-state index contributed by atoms with van der Waals surface area (Å²) < 4.78 is 34.9. The van der Waals surface area contributed by atoms with E-state index in [4.69, 9.17) is 0 Å².